The van der Waals surface area contributed by atoms with Crippen LogP contribution in [0.3, 0.4) is 0 Å². The van der Waals surface area contributed by atoms with Crippen molar-refractivity contribution in [2.24, 2.45) is 0 Å². The van der Waals surface area contributed by atoms with E-state index in [1.54, 1.807) is 0 Å². The summed E-state index contributed by atoms with van der Waals surface area (Å²) in [7, 11) is 0. The third kappa shape index (κ3) is 2.26. The molecule has 2 aliphatic rings. The molecule has 1 N–H and O–H groups in total. The predicted octanol–water partition coefficient (Wildman–Crippen LogP) is 1.60. The Kier molecular flexibility index (Phi) is 3.44. The Morgan fingerprint density at radius 3 is 2.82 bits per heavy atom. The number of rotatable bonds is 2. The lowest BCUT2D eigenvalue weighted by Gasteiger charge is -2.29. The van der Waals surface area contributed by atoms with Crippen LogP contribution in [0.1, 0.15) is 12.7 Å². The van der Waals surface area contributed by atoms with Gasteiger partial charge in [0.1, 0.15) is 16.7 Å². The molecule has 0 aliphatic carbocycles. The minimum absolute atomic E-state index is 0.914. The summed E-state index contributed by atoms with van der Waals surface area (Å²) in [5, 5.41) is 5.65. The third-order valence-electron chi connectivity index (χ3n) is 2.99. The van der Waals surface area contributed by atoms with Crippen molar-refractivity contribution in [3.05, 3.63) is 5.82 Å². The molecule has 2 aliphatic heterocycles. The fraction of sp³-hybridized carbons (Fsp3) is 0.636. The maximum absolute atomic E-state index is 4.74. The Bertz CT molecular complexity index is 418. The Labute approximate surface area is 110 Å². The number of hydrogen-bond acceptors (Lipinski definition) is 6. The predicted molar refractivity (Wildman–Crippen MR) is 73.1 cm³/mol. The van der Waals surface area contributed by atoms with Crippen LogP contribution in [0.4, 0.5) is 5.82 Å². The Balaban J connectivity index is 1.98. The van der Waals surface area contributed by atoms with Crippen LogP contribution >= 0.6 is 23.5 Å². The van der Waals surface area contributed by atoms with Gasteiger partial charge in [0, 0.05) is 32.6 Å². The lowest BCUT2D eigenvalue weighted by atomic mass is 10.3. The van der Waals surface area contributed by atoms with Gasteiger partial charge in [0.2, 0.25) is 0 Å². The first kappa shape index (κ1) is 11.6. The summed E-state index contributed by atoms with van der Waals surface area (Å²) < 4.78 is 0. The third-order valence-corrected chi connectivity index (χ3v) is 5.30. The van der Waals surface area contributed by atoms with Crippen LogP contribution in [-0.4, -0.2) is 41.2 Å². The van der Waals surface area contributed by atoms with Crippen molar-refractivity contribution < 1.29 is 0 Å². The molecule has 1 fully saturated rings. The smallest absolute Gasteiger partial charge is 0.147 e. The van der Waals surface area contributed by atoms with E-state index < -0.39 is 0 Å². The number of nitrogens with zero attached hydrogens (tertiary/aromatic N) is 3. The van der Waals surface area contributed by atoms with E-state index in [-0.39, 0.29) is 0 Å². The molecule has 0 spiro atoms. The number of fused-ring (bicyclic) bond motifs is 1. The molecule has 1 aromatic rings. The van der Waals surface area contributed by atoms with Crippen molar-refractivity contribution in [2.75, 3.05) is 36.2 Å². The van der Waals surface area contributed by atoms with Gasteiger partial charge >= 0.3 is 0 Å². The first-order chi connectivity index (χ1) is 8.38. The van der Waals surface area contributed by atoms with Crippen molar-refractivity contribution in [2.45, 2.75) is 23.3 Å². The molecule has 0 amide bonds. The second-order valence-electron chi connectivity index (χ2n) is 4.09. The molecule has 6 heteroatoms. The summed E-state index contributed by atoms with van der Waals surface area (Å²) in [6.07, 6.45) is 0.914. The zero-order valence-electron chi connectivity index (χ0n) is 9.90. The highest BCUT2D eigenvalue weighted by Crippen LogP contribution is 2.45. The van der Waals surface area contributed by atoms with Crippen LogP contribution in [0.2, 0.25) is 0 Å². The molecule has 4 nitrogen and oxygen atoms in total. The highest BCUT2D eigenvalue weighted by atomic mass is 32.2. The molecule has 0 bridgehead atoms. The summed E-state index contributed by atoms with van der Waals surface area (Å²) in [6, 6.07) is 0. The summed E-state index contributed by atoms with van der Waals surface area (Å²) >= 11 is 3.73. The van der Waals surface area contributed by atoms with E-state index >= 15 is 0 Å². The van der Waals surface area contributed by atoms with Gasteiger partial charge < -0.3 is 10.2 Å². The molecular weight excluding hydrogens is 252 g/mol. The standard InChI is InChI=1S/C11H16N4S2/c1-2-8-13-10(15-5-3-12-4-6-15)9-11(14-8)17-7-16-9/h12H,2-7H2,1H3. The van der Waals surface area contributed by atoms with Gasteiger partial charge in [-0.15, -0.1) is 11.8 Å². The Morgan fingerprint density at radius 2 is 2.06 bits per heavy atom. The van der Waals surface area contributed by atoms with Crippen LogP contribution in [0, 0.1) is 0 Å². The van der Waals surface area contributed by atoms with Crippen LogP contribution in [-0.2, 0) is 6.42 Å². The maximum atomic E-state index is 4.74. The van der Waals surface area contributed by atoms with E-state index in [0.29, 0.717) is 0 Å². The van der Waals surface area contributed by atoms with Crippen molar-refractivity contribution >= 4 is 29.3 Å². The number of anilines is 1. The van der Waals surface area contributed by atoms with E-state index in [9.17, 15) is 0 Å². The summed E-state index contributed by atoms with van der Waals surface area (Å²) in [5.41, 5.74) is 0. The first-order valence-electron chi connectivity index (χ1n) is 6.00. The number of thioether (sulfide) groups is 2. The number of aromatic nitrogens is 2. The average Bonchev–Trinajstić information content (AvgIpc) is 2.86. The van der Waals surface area contributed by atoms with Crippen molar-refractivity contribution in [1.29, 1.82) is 0 Å². The zero-order chi connectivity index (χ0) is 11.7. The fourth-order valence-electron chi connectivity index (χ4n) is 2.08. The molecule has 3 heterocycles. The van der Waals surface area contributed by atoms with Gasteiger partial charge in [0.05, 0.1) is 9.98 Å². The lowest BCUT2D eigenvalue weighted by Crippen LogP contribution is -2.44. The molecule has 0 unspecified atom stereocenters. The van der Waals surface area contributed by atoms with E-state index in [2.05, 4.69) is 22.1 Å². The summed E-state index contributed by atoms with van der Waals surface area (Å²) in [4.78, 5) is 13.1. The lowest BCUT2D eigenvalue weighted by molar-refractivity contribution is 0.578. The molecule has 0 saturated carbocycles. The van der Waals surface area contributed by atoms with E-state index in [4.69, 9.17) is 4.98 Å². The SMILES string of the molecule is CCc1nc2c(c(N3CCNCC3)n1)SCS2. The fourth-order valence-corrected chi connectivity index (χ4v) is 4.45. The molecular formula is C11H16N4S2. The van der Waals surface area contributed by atoms with Gasteiger partial charge in [-0.05, 0) is 0 Å². The van der Waals surface area contributed by atoms with Crippen LogP contribution in [0.5, 0.6) is 0 Å². The largest absolute Gasteiger partial charge is 0.353 e. The molecule has 0 radical (unpaired) electrons. The molecule has 1 saturated heterocycles. The summed E-state index contributed by atoms with van der Waals surface area (Å²) in [6.45, 7) is 6.34. The number of nitrogens with one attached hydrogen (secondary N) is 1. The van der Waals surface area contributed by atoms with Crippen molar-refractivity contribution in [3.63, 3.8) is 0 Å². The quantitative estimate of drug-likeness (QED) is 0.822. The van der Waals surface area contributed by atoms with Gasteiger partial charge in [-0.3, -0.25) is 0 Å². The van der Waals surface area contributed by atoms with E-state index in [0.717, 1.165) is 43.5 Å². The average molecular weight is 268 g/mol. The first-order valence-corrected chi connectivity index (χ1v) is 7.98. The van der Waals surface area contributed by atoms with Gasteiger partial charge in [-0.25, -0.2) is 9.97 Å². The Morgan fingerprint density at radius 1 is 1.24 bits per heavy atom. The van der Waals surface area contributed by atoms with Gasteiger partial charge in [-0.1, -0.05) is 18.7 Å². The van der Waals surface area contributed by atoms with E-state index in [1.807, 2.05) is 23.5 Å². The highest BCUT2D eigenvalue weighted by molar-refractivity contribution is 8.18. The highest BCUT2D eigenvalue weighted by Gasteiger charge is 2.24. The number of piperazine rings is 1. The molecule has 0 atom stereocenters. The summed E-state index contributed by atoms with van der Waals surface area (Å²) in [5.74, 6) is 2.15. The molecule has 0 aromatic carbocycles. The second kappa shape index (κ2) is 5.04. The zero-order valence-corrected chi connectivity index (χ0v) is 11.5. The van der Waals surface area contributed by atoms with Crippen molar-refractivity contribution in [1.82, 2.24) is 15.3 Å². The van der Waals surface area contributed by atoms with Gasteiger partial charge in [-0.2, -0.15) is 0 Å². The van der Waals surface area contributed by atoms with Crippen LogP contribution in [0.25, 0.3) is 0 Å². The molecule has 17 heavy (non-hydrogen) atoms. The van der Waals surface area contributed by atoms with Crippen LogP contribution < -0.4 is 10.2 Å². The van der Waals surface area contributed by atoms with Crippen molar-refractivity contribution in [3.8, 4) is 0 Å². The minimum Gasteiger partial charge on any atom is -0.353 e. The number of hydrogen-bond donors (Lipinski definition) is 1. The topological polar surface area (TPSA) is 41.1 Å². The van der Waals surface area contributed by atoms with Gasteiger partial charge in [0.25, 0.3) is 0 Å². The molecule has 92 valence electrons. The molecule has 1 aromatic heterocycles. The normalized spacial score (nSPS) is 19.5. The van der Waals surface area contributed by atoms with Crippen LogP contribution in [0.15, 0.2) is 9.92 Å². The number of aryl methyl sites for hydroxylation is 1. The second-order valence-corrected chi connectivity index (χ2v) is 6.41. The maximum Gasteiger partial charge on any atom is 0.147 e. The monoisotopic (exact) mass is 268 g/mol. The van der Waals surface area contributed by atoms with Gasteiger partial charge in [0.15, 0.2) is 0 Å². The Hall–Kier alpha value is -0.460. The molecule has 3 rings (SSSR count). The minimum atomic E-state index is 0.914. The van der Waals surface area contributed by atoms with E-state index in [1.165, 1.54) is 15.7 Å².